The standard InChI is InChI=1S/C12H17BN2O4/c1-4-18-7-19-12-8(2)11-9(6-15(3)14-11)5-10(12)13(16)17/h5-6,16-17H,4,7H2,1-3H3. The number of benzene rings is 1. The highest BCUT2D eigenvalue weighted by Gasteiger charge is 2.22. The summed E-state index contributed by atoms with van der Waals surface area (Å²) < 4.78 is 12.3. The number of hydrogen-bond donors (Lipinski definition) is 2. The lowest BCUT2D eigenvalue weighted by Crippen LogP contribution is -2.32. The monoisotopic (exact) mass is 264 g/mol. The van der Waals surface area contributed by atoms with Gasteiger partial charge in [-0.25, -0.2) is 0 Å². The number of aryl methyl sites for hydroxylation is 2. The van der Waals surface area contributed by atoms with E-state index in [-0.39, 0.29) is 6.79 Å². The number of ether oxygens (including phenoxy) is 2. The predicted octanol–water partition coefficient (Wildman–Crippen LogP) is -0.0657. The Kier molecular flexibility index (Phi) is 4.09. The molecule has 0 saturated heterocycles. The molecule has 2 rings (SSSR count). The van der Waals surface area contributed by atoms with Crippen LogP contribution in [0.15, 0.2) is 12.3 Å². The van der Waals surface area contributed by atoms with E-state index in [1.807, 2.05) is 27.1 Å². The maximum Gasteiger partial charge on any atom is 0.492 e. The zero-order valence-corrected chi connectivity index (χ0v) is 11.3. The van der Waals surface area contributed by atoms with Crippen LogP contribution in [-0.4, -0.2) is 40.3 Å². The third-order valence-corrected chi connectivity index (χ3v) is 2.89. The maximum atomic E-state index is 9.46. The van der Waals surface area contributed by atoms with Gasteiger partial charge in [0.25, 0.3) is 0 Å². The zero-order chi connectivity index (χ0) is 14.0. The van der Waals surface area contributed by atoms with Gasteiger partial charge >= 0.3 is 7.12 Å². The highest BCUT2D eigenvalue weighted by atomic mass is 16.7. The summed E-state index contributed by atoms with van der Waals surface area (Å²) in [5.74, 6) is 0.412. The summed E-state index contributed by atoms with van der Waals surface area (Å²) in [6, 6.07) is 1.67. The lowest BCUT2D eigenvalue weighted by Gasteiger charge is -2.14. The average Bonchev–Trinajstić information content (AvgIpc) is 2.73. The molecular formula is C12H17BN2O4. The molecule has 0 fully saturated rings. The number of hydrogen-bond acceptors (Lipinski definition) is 5. The molecule has 0 bridgehead atoms. The molecule has 0 atom stereocenters. The van der Waals surface area contributed by atoms with Crippen molar-refractivity contribution in [2.75, 3.05) is 13.4 Å². The summed E-state index contributed by atoms with van der Waals surface area (Å²) in [6.07, 6.45) is 1.82. The molecule has 7 heteroatoms. The van der Waals surface area contributed by atoms with Gasteiger partial charge in [0, 0.05) is 36.3 Å². The summed E-state index contributed by atoms with van der Waals surface area (Å²) in [7, 11) is 0.217. The first-order valence-corrected chi connectivity index (χ1v) is 6.08. The van der Waals surface area contributed by atoms with Crippen molar-refractivity contribution in [2.45, 2.75) is 13.8 Å². The summed E-state index contributed by atoms with van der Waals surface area (Å²) >= 11 is 0. The van der Waals surface area contributed by atoms with E-state index in [4.69, 9.17) is 9.47 Å². The Morgan fingerprint density at radius 1 is 1.42 bits per heavy atom. The van der Waals surface area contributed by atoms with Crippen molar-refractivity contribution in [1.29, 1.82) is 0 Å². The smallest absolute Gasteiger partial charge is 0.468 e. The van der Waals surface area contributed by atoms with Gasteiger partial charge in [-0.2, -0.15) is 5.10 Å². The van der Waals surface area contributed by atoms with Crippen molar-refractivity contribution < 1.29 is 19.5 Å². The van der Waals surface area contributed by atoms with Gasteiger partial charge in [-0.15, -0.1) is 0 Å². The Bertz CT molecular complexity index is 583. The molecule has 0 spiro atoms. The molecule has 0 unspecified atom stereocenters. The van der Waals surface area contributed by atoms with Crippen LogP contribution in [0.4, 0.5) is 0 Å². The fourth-order valence-corrected chi connectivity index (χ4v) is 2.03. The van der Waals surface area contributed by atoms with Crippen molar-refractivity contribution in [3.05, 3.63) is 17.8 Å². The van der Waals surface area contributed by atoms with Crippen LogP contribution < -0.4 is 10.2 Å². The van der Waals surface area contributed by atoms with Gasteiger partial charge in [-0.1, -0.05) is 0 Å². The number of fused-ring (bicyclic) bond motifs is 1. The molecule has 19 heavy (non-hydrogen) atoms. The van der Waals surface area contributed by atoms with Gasteiger partial charge in [0.2, 0.25) is 0 Å². The average molecular weight is 264 g/mol. The quantitative estimate of drug-likeness (QED) is 0.449. The highest BCUT2D eigenvalue weighted by Crippen LogP contribution is 2.24. The van der Waals surface area contributed by atoms with Crippen LogP contribution in [0, 0.1) is 6.92 Å². The van der Waals surface area contributed by atoms with Crippen molar-refractivity contribution in [2.24, 2.45) is 7.05 Å². The normalized spacial score (nSPS) is 11.0. The Morgan fingerprint density at radius 3 is 2.79 bits per heavy atom. The van der Waals surface area contributed by atoms with Gasteiger partial charge in [-0.3, -0.25) is 4.68 Å². The molecule has 1 aromatic heterocycles. The van der Waals surface area contributed by atoms with Crippen LogP contribution in [0.3, 0.4) is 0 Å². The van der Waals surface area contributed by atoms with E-state index in [9.17, 15) is 10.0 Å². The number of rotatable bonds is 5. The van der Waals surface area contributed by atoms with Crippen LogP contribution in [0.1, 0.15) is 12.5 Å². The third-order valence-electron chi connectivity index (χ3n) is 2.89. The van der Waals surface area contributed by atoms with E-state index in [1.165, 1.54) is 0 Å². The molecule has 6 nitrogen and oxygen atoms in total. The molecule has 0 aliphatic rings. The van der Waals surface area contributed by atoms with Gasteiger partial charge in [0.05, 0.1) is 5.52 Å². The molecule has 0 aliphatic heterocycles. The summed E-state index contributed by atoms with van der Waals surface area (Å²) in [4.78, 5) is 0. The Balaban J connectivity index is 2.50. The van der Waals surface area contributed by atoms with Crippen LogP contribution in [0.25, 0.3) is 10.9 Å². The van der Waals surface area contributed by atoms with E-state index < -0.39 is 7.12 Å². The molecule has 2 N–H and O–H groups in total. The van der Waals surface area contributed by atoms with E-state index in [0.29, 0.717) is 17.8 Å². The SMILES string of the molecule is CCOCOc1c(B(O)O)cc2cn(C)nc2c1C. The zero-order valence-electron chi connectivity index (χ0n) is 11.3. The highest BCUT2D eigenvalue weighted by molar-refractivity contribution is 6.60. The molecule has 1 aromatic carbocycles. The second-order valence-corrected chi connectivity index (χ2v) is 4.29. The second-order valence-electron chi connectivity index (χ2n) is 4.29. The van der Waals surface area contributed by atoms with E-state index in [2.05, 4.69) is 5.10 Å². The van der Waals surface area contributed by atoms with Gasteiger partial charge in [-0.05, 0) is 19.9 Å². The maximum absolute atomic E-state index is 9.46. The summed E-state index contributed by atoms with van der Waals surface area (Å²) in [5.41, 5.74) is 1.86. The van der Waals surface area contributed by atoms with Crippen LogP contribution >= 0.6 is 0 Å². The minimum absolute atomic E-state index is 0.0649. The molecule has 0 saturated carbocycles. The van der Waals surface area contributed by atoms with E-state index in [1.54, 1.807) is 10.7 Å². The van der Waals surface area contributed by atoms with Crippen LogP contribution in [-0.2, 0) is 11.8 Å². The number of nitrogens with zero attached hydrogens (tertiary/aromatic N) is 2. The Morgan fingerprint density at radius 2 is 2.16 bits per heavy atom. The largest absolute Gasteiger partial charge is 0.492 e. The lowest BCUT2D eigenvalue weighted by atomic mass is 9.78. The fourth-order valence-electron chi connectivity index (χ4n) is 2.03. The summed E-state index contributed by atoms with van der Waals surface area (Å²) in [6.45, 7) is 4.29. The predicted molar refractivity (Wildman–Crippen MR) is 72.4 cm³/mol. The molecular weight excluding hydrogens is 247 g/mol. The lowest BCUT2D eigenvalue weighted by molar-refractivity contribution is 0.0226. The third kappa shape index (κ3) is 2.73. The minimum Gasteiger partial charge on any atom is -0.468 e. The van der Waals surface area contributed by atoms with Gasteiger partial charge < -0.3 is 19.5 Å². The molecule has 102 valence electrons. The summed E-state index contributed by atoms with van der Waals surface area (Å²) in [5, 5.41) is 24.1. The van der Waals surface area contributed by atoms with E-state index >= 15 is 0 Å². The molecule has 0 aliphatic carbocycles. The van der Waals surface area contributed by atoms with Crippen molar-refractivity contribution in [3.63, 3.8) is 0 Å². The van der Waals surface area contributed by atoms with Gasteiger partial charge in [0.15, 0.2) is 6.79 Å². The first-order valence-electron chi connectivity index (χ1n) is 6.08. The van der Waals surface area contributed by atoms with E-state index in [0.717, 1.165) is 16.5 Å². The van der Waals surface area contributed by atoms with Crippen LogP contribution in [0.2, 0.25) is 0 Å². The van der Waals surface area contributed by atoms with Crippen molar-refractivity contribution in [3.8, 4) is 5.75 Å². The minimum atomic E-state index is -1.60. The second kappa shape index (κ2) is 5.60. The molecule has 0 radical (unpaired) electrons. The topological polar surface area (TPSA) is 76.7 Å². The molecule has 0 amide bonds. The van der Waals surface area contributed by atoms with Crippen molar-refractivity contribution in [1.82, 2.24) is 9.78 Å². The van der Waals surface area contributed by atoms with Crippen LogP contribution in [0.5, 0.6) is 5.75 Å². The fraction of sp³-hybridized carbons (Fsp3) is 0.417. The Labute approximate surface area is 111 Å². The van der Waals surface area contributed by atoms with Gasteiger partial charge in [0.1, 0.15) is 5.75 Å². The molecule has 2 aromatic rings. The first-order chi connectivity index (χ1) is 9.04. The molecule has 1 heterocycles. The van der Waals surface area contributed by atoms with Crippen molar-refractivity contribution >= 4 is 23.5 Å². The number of aromatic nitrogens is 2. The first kappa shape index (κ1) is 13.9. The Hall–Kier alpha value is -1.57.